The molecule has 0 radical (unpaired) electrons. The quantitative estimate of drug-likeness (QED) is 0.516. The van der Waals surface area contributed by atoms with Gasteiger partial charge in [0.15, 0.2) is 0 Å². The van der Waals surface area contributed by atoms with Gasteiger partial charge in [0.05, 0.1) is 7.11 Å². The van der Waals surface area contributed by atoms with Gasteiger partial charge in [0.2, 0.25) is 0 Å². The van der Waals surface area contributed by atoms with Crippen molar-refractivity contribution in [2.24, 2.45) is 23.7 Å². The van der Waals surface area contributed by atoms with E-state index in [0.29, 0.717) is 0 Å². The average molecular weight is 343 g/mol. The Hall–Kier alpha value is -0.980. The number of benzene rings is 1. The van der Waals surface area contributed by atoms with Gasteiger partial charge in [-0.1, -0.05) is 57.6 Å². The first kappa shape index (κ1) is 18.8. The highest BCUT2D eigenvalue weighted by molar-refractivity contribution is 5.27. The van der Waals surface area contributed by atoms with Crippen LogP contribution in [0.15, 0.2) is 24.3 Å². The molecule has 0 atom stereocenters. The van der Waals surface area contributed by atoms with Crippen molar-refractivity contribution in [2.75, 3.05) is 7.11 Å². The Morgan fingerprint density at radius 1 is 0.760 bits per heavy atom. The maximum atomic E-state index is 5.25. The van der Waals surface area contributed by atoms with Crippen molar-refractivity contribution < 1.29 is 4.74 Å². The molecule has 0 heterocycles. The van der Waals surface area contributed by atoms with Crippen LogP contribution in [-0.4, -0.2) is 7.11 Å². The lowest BCUT2D eigenvalue weighted by atomic mass is 9.68. The molecule has 0 spiro atoms. The predicted octanol–water partition coefficient (Wildman–Crippen LogP) is 7.04. The van der Waals surface area contributed by atoms with Crippen LogP contribution in [0.3, 0.4) is 0 Å². The summed E-state index contributed by atoms with van der Waals surface area (Å²) in [6.45, 7) is 2.35. The molecule has 0 N–H and O–H groups in total. The van der Waals surface area contributed by atoms with Crippen LogP contribution >= 0.6 is 0 Å². The van der Waals surface area contributed by atoms with Gasteiger partial charge >= 0.3 is 0 Å². The van der Waals surface area contributed by atoms with E-state index >= 15 is 0 Å². The number of ether oxygens (including phenoxy) is 1. The highest BCUT2D eigenvalue weighted by Crippen LogP contribution is 2.42. The second-order valence-corrected chi connectivity index (χ2v) is 8.74. The Balaban J connectivity index is 1.36. The Kier molecular flexibility index (Phi) is 7.25. The van der Waals surface area contributed by atoms with E-state index in [0.717, 1.165) is 29.4 Å². The van der Waals surface area contributed by atoms with Crippen molar-refractivity contribution >= 4 is 0 Å². The molecule has 2 aliphatic rings. The third kappa shape index (κ3) is 5.50. The third-order valence-corrected chi connectivity index (χ3v) is 7.15. The number of hydrogen-bond acceptors (Lipinski definition) is 1. The fourth-order valence-corrected chi connectivity index (χ4v) is 5.47. The molecule has 1 aromatic rings. The van der Waals surface area contributed by atoms with Crippen LogP contribution in [0.2, 0.25) is 0 Å². The Morgan fingerprint density at radius 3 is 1.76 bits per heavy atom. The zero-order valence-electron chi connectivity index (χ0n) is 16.5. The molecular formula is C24H38O. The first-order valence-corrected chi connectivity index (χ1v) is 10.9. The van der Waals surface area contributed by atoms with E-state index in [1.165, 1.54) is 82.6 Å². The minimum absolute atomic E-state index is 0.967. The molecule has 2 fully saturated rings. The number of hydrogen-bond donors (Lipinski definition) is 0. The van der Waals surface area contributed by atoms with Gasteiger partial charge in [-0.15, -0.1) is 0 Å². The van der Waals surface area contributed by atoms with Crippen LogP contribution in [0.4, 0.5) is 0 Å². The normalized spacial score (nSPS) is 30.2. The second kappa shape index (κ2) is 9.64. The van der Waals surface area contributed by atoms with Crippen LogP contribution in [0.1, 0.15) is 83.1 Å². The van der Waals surface area contributed by atoms with E-state index in [1.54, 1.807) is 7.11 Å². The summed E-state index contributed by atoms with van der Waals surface area (Å²) >= 11 is 0. The smallest absolute Gasteiger partial charge is 0.118 e. The number of methoxy groups -OCH3 is 1. The van der Waals surface area contributed by atoms with Crippen molar-refractivity contribution in [2.45, 2.75) is 84.0 Å². The van der Waals surface area contributed by atoms with Crippen LogP contribution in [0.5, 0.6) is 5.75 Å². The molecule has 140 valence electrons. The van der Waals surface area contributed by atoms with Gasteiger partial charge in [0.25, 0.3) is 0 Å². The van der Waals surface area contributed by atoms with Crippen molar-refractivity contribution in [3.63, 3.8) is 0 Å². The van der Waals surface area contributed by atoms with Crippen LogP contribution in [0, 0.1) is 23.7 Å². The largest absolute Gasteiger partial charge is 0.497 e. The van der Waals surface area contributed by atoms with E-state index in [4.69, 9.17) is 4.74 Å². The van der Waals surface area contributed by atoms with Crippen molar-refractivity contribution in [1.82, 2.24) is 0 Å². The molecule has 1 aromatic carbocycles. The van der Waals surface area contributed by atoms with E-state index < -0.39 is 0 Å². The molecule has 1 nitrogen and oxygen atoms in total. The minimum atomic E-state index is 0.967. The maximum absolute atomic E-state index is 5.25. The fourth-order valence-electron chi connectivity index (χ4n) is 5.47. The summed E-state index contributed by atoms with van der Waals surface area (Å²) in [5, 5.41) is 0. The highest BCUT2D eigenvalue weighted by atomic mass is 16.5. The van der Waals surface area contributed by atoms with Gasteiger partial charge in [-0.3, -0.25) is 0 Å². The highest BCUT2D eigenvalue weighted by Gasteiger charge is 2.30. The first-order valence-electron chi connectivity index (χ1n) is 10.9. The van der Waals surface area contributed by atoms with E-state index in [-0.39, 0.29) is 0 Å². The standard InChI is InChI=1S/C24H38O/c1-3-4-19-7-13-22(14-8-19)23-15-9-20(10-16-23)5-6-21-11-17-24(25-2)18-12-21/h11-12,17-20,22-23H,3-10,13-16H2,1-2H3. The summed E-state index contributed by atoms with van der Waals surface area (Å²) in [6, 6.07) is 8.67. The lowest BCUT2D eigenvalue weighted by Crippen LogP contribution is -2.26. The summed E-state index contributed by atoms with van der Waals surface area (Å²) < 4.78 is 5.25. The van der Waals surface area contributed by atoms with Gasteiger partial charge in [-0.25, -0.2) is 0 Å². The summed E-state index contributed by atoms with van der Waals surface area (Å²) in [7, 11) is 1.74. The van der Waals surface area contributed by atoms with Crippen LogP contribution in [0.25, 0.3) is 0 Å². The SMILES string of the molecule is CCCC1CCC(C2CCC(CCc3ccc(OC)cc3)CC2)CC1. The summed E-state index contributed by atoms with van der Waals surface area (Å²) in [6.07, 6.45) is 17.6. The van der Waals surface area contributed by atoms with Gasteiger partial charge in [-0.2, -0.15) is 0 Å². The Bertz CT molecular complexity index is 475. The molecule has 1 heteroatoms. The molecule has 0 aromatic heterocycles. The van der Waals surface area contributed by atoms with Gasteiger partial charge < -0.3 is 4.74 Å². The third-order valence-electron chi connectivity index (χ3n) is 7.15. The number of rotatable bonds is 7. The molecule has 0 bridgehead atoms. The molecule has 25 heavy (non-hydrogen) atoms. The molecule has 2 saturated carbocycles. The zero-order valence-corrected chi connectivity index (χ0v) is 16.5. The first-order chi connectivity index (χ1) is 12.3. The molecule has 0 unspecified atom stereocenters. The van der Waals surface area contributed by atoms with E-state index in [9.17, 15) is 0 Å². The minimum Gasteiger partial charge on any atom is -0.497 e. The van der Waals surface area contributed by atoms with E-state index in [2.05, 4.69) is 31.2 Å². The van der Waals surface area contributed by atoms with Gasteiger partial charge in [-0.05, 0) is 79.9 Å². The molecule has 0 aliphatic heterocycles. The average Bonchev–Trinajstić information content (AvgIpc) is 2.68. The second-order valence-electron chi connectivity index (χ2n) is 8.74. The zero-order chi connectivity index (χ0) is 17.5. The molecule has 2 aliphatic carbocycles. The molecule has 0 saturated heterocycles. The predicted molar refractivity (Wildman–Crippen MR) is 107 cm³/mol. The lowest BCUT2D eigenvalue weighted by molar-refractivity contribution is 0.141. The molecule has 3 rings (SSSR count). The topological polar surface area (TPSA) is 9.23 Å². The summed E-state index contributed by atoms with van der Waals surface area (Å²) in [5.41, 5.74) is 1.47. The van der Waals surface area contributed by atoms with Crippen molar-refractivity contribution in [1.29, 1.82) is 0 Å². The van der Waals surface area contributed by atoms with Gasteiger partial charge in [0, 0.05) is 0 Å². The summed E-state index contributed by atoms with van der Waals surface area (Å²) in [5.74, 6) is 5.12. The molecular weight excluding hydrogens is 304 g/mol. The van der Waals surface area contributed by atoms with E-state index in [1.807, 2.05) is 0 Å². The van der Waals surface area contributed by atoms with Crippen molar-refractivity contribution in [3.05, 3.63) is 29.8 Å². The monoisotopic (exact) mass is 342 g/mol. The van der Waals surface area contributed by atoms with Gasteiger partial charge in [0.1, 0.15) is 5.75 Å². The molecule has 0 amide bonds. The number of aryl methyl sites for hydroxylation is 1. The Labute approximate surface area is 155 Å². The van der Waals surface area contributed by atoms with Crippen molar-refractivity contribution in [3.8, 4) is 5.75 Å². The maximum Gasteiger partial charge on any atom is 0.118 e. The van der Waals surface area contributed by atoms with Crippen LogP contribution in [-0.2, 0) is 6.42 Å². The van der Waals surface area contributed by atoms with Crippen LogP contribution < -0.4 is 4.74 Å². The lowest BCUT2D eigenvalue weighted by Gasteiger charge is -2.38. The fraction of sp³-hybridized carbons (Fsp3) is 0.750. The Morgan fingerprint density at radius 2 is 1.28 bits per heavy atom. The summed E-state index contributed by atoms with van der Waals surface area (Å²) in [4.78, 5) is 0.